The zero-order chi connectivity index (χ0) is 16.9. The molecule has 1 amide bonds. The van der Waals surface area contributed by atoms with E-state index in [9.17, 15) is 4.79 Å². The number of fused-ring (bicyclic) bond motifs is 1. The molecule has 0 atom stereocenters. The van der Waals surface area contributed by atoms with Crippen LogP contribution in [-0.4, -0.2) is 33.4 Å². The molecule has 124 valence electrons. The van der Waals surface area contributed by atoms with Crippen molar-refractivity contribution in [2.45, 2.75) is 26.8 Å². The number of hydrogen-bond acceptors (Lipinski definition) is 2. The average molecular weight is 321 g/mol. The maximum Gasteiger partial charge on any atom is 0.242 e. The lowest BCUT2D eigenvalue weighted by atomic mass is 10.1. The second-order valence-electron chi connectivity index (χ2n) is 5.83. The molecule has 0 aliphatic rings. The number of nitrogens with zero attached hydrogens (tertiary/aromatic N) is 3. The molecule has 0 spiro atoms. The minimum absolute atomic E-state index is 0.137. The third kappa shape index (κ3) is 3.32. The van der Waals surface area contributed by atoms with Crippen molar-refractivity contribution in [1.29, 1.82) is 0 Å². The SMILES string of the molecule is CCN(CC)C(=O)Cn1c(Cc2ccccc2)nc2ccccc21. The van der Waals surface area contributed by atoms with Crippen LogP contribution in [0, 0.1) is 0 Å². The summed E-state index contributed by atoms with van der Waals surface area (Å²) in [6.07, 6.45) is 0.723. The Balaban J connectivity index is 1.97. The number of benzene rings is 2. The van der Waals surface area contributed by atoms with Gasteiger partial charge in [0.1, 0.15) is 12.4 Å². The van der Waals surface area contributed by atoms with Crippen molar-refractivity contribution in [3.8, 4) is 0 Å². The fourth-order valence-corrected chi connectivity index (χ4v) is 3.03. The van der Waals surface area contributed by atoms with Crippen LogP contribution in [0.5, 0.6) is 0 Å². The highest BCUT2D eigenvalue weighted by Gasteiger charge is 2.16. The fraction of sp³-hybridized carbons (Fsp3) is 0.300. The highest BCUT2D eigenvalue weighted by atomic mass is 16.2. The van der Waals surface area contributed by atoms with E-state index in [1.165, 1.54) is 5.56 Å². The molecule has 0 radical (unpaired) electrons. The molecule has 0 bridgehead atoms. The van der Waals surface area contributed by atoms with Gasteiger partial charge in [-0.15, -0.1) is 0 Å². The Bertz CT molecular complexity index is 819. The number of aromatic nitrogens is 2. The summed E-state index contributed by atoms with van der Waals surface area (Å²) in [5, 5.41) is 0. The van der Waals surface area contributed by atoms with Gasteiger partial charge in [0.15, 0.2) is 0 Å². The molecule has 0 aliphatic heterocycles. The Kier molecular flexibility index (Phi) is 4.94. The predicted octanol–water partition coefficient (Wildman–Crippen LogP) is 3.50. The lowest BCUT2D eigenvalue weighted by molar-refractivity contribution is -0.131. The van der Waals surface area contributed by atoms with E-state index in [0.717, 1.165) is 36.4 Å². The quantitative estimate of drug-likeness (QED) is 0.697. The van der Waals surface area contributed by atoms with Crippen LogP contribution in [0.4, 0.5) is 0 Å². The molecule has 4 heteroatoms. The van der Waals surface area contributed by atoms with E-state index >= 15 is 0 Å². The van der Waals surface area contributed by atoms with Crippen LogP contribution < -0.4 is 0 Å². The largest absolute Gasteiger partial charge is 0.342 e. The summed E-state index contributed by atoms with van der Waals surface area (Å²) in [4.78, 5) is 19.2. The molecule has 1 aromatic heterocycles. The zero-order valence-electron chi connectivity index (χ0n) is 14.3. The van der Waals surface area contributed by atoms with Gasteiger partial charge in [0.2, 0.25) is 5.91 Å². The van der Waals surface area contributed by atoms with E-state index in [4.69, 9.17) is 4.98 Å². The summed E-state index contributed by atoms with van der Waals surface area (Å²) < 4.78 is 2.06. The predicted molar refractivity (Wildman–Crippen MR) is 96.9 cm³/mol. The maximum atomic E-state index is 12.6. The van der Waals surface area contributed by atoms with Gasteiger partial charge in [0.25, 0.3) is 0 Å². The number of carbonyl (C=O) groups is 1. The van der Waals surface area contributed by atoms with Gasteiger partial charge in [-0.05, 0) is 31.5 Å². The third-order valence-electron chi connectivity index (χ3n) is 4.35. The summed E-state index contributed by atoms with van der Waals surface area (Å²) in [6, 6.07) is 18.3. The first kappa shape index (κ1) is 16.2. The molecule has 3 rings (SSSR count). The molecule has 0 aliphatic carbocycles. The van der Waals surface area contributed by atoms with E-state index in [2.05, 4.69) is 16.7 Å². The van der Waals surface area contributed by atoms with Crippen LogP contribution in [0.1, 0.15) is 25.2 Å². The second-order valence-corrected chi connectivity index (χ2v) is 5.83. The minimum atomic E-state index is 0.137. The van der Waals surface area contributed by atoms with E-state index < -0.39 is 0 Å². The Morgan fingerprint density at radius 1 is 1.00 bits per heavy atom. The van der Waals surface area contributed by atoms with Crippen molar-refractivity contribution in [2.75, 3.05) is 13.1 Å². The molecular weight excluding hydrogens is 298 g/mol. The van der Waals surface area contributed by atoms with Crippen LogP contribution in [0.3, 0.4) is 0 Å². The van der Waals surface area contributed by atoms with E-state index in [1.807, 2.05) is 61.2 Å². The van der Waals surface area contributed by atoms with Crippen molar-refractivity contribution in [3.63, 3.8) is 0 Å². The molecule has 0 saturated carbocycles. The van der Waals surface area contributed by atoms with Crippen LogP contribution in [0.25, 0.3) is 11.0 Å². The first-order valence-corrected chi connectivity index (χ1v) is 8.48. The van der Waals surface area contributed by atoms with Crippen molar-refractivity contribution >= 4 is 16.9 Å². The molecule has 2 aromatic carbocycles. The Hall–Kier alpha value is -2.62. The molecule has 0 unspecified atom stereocenters. The van der Waals surface area contributed by atoms with Crippen molar-refractivity contribution < 1.29 is 4.79 Å². The Labute approximate surface area is 142 Å². The molecular formula is C20H23N3O. The molecule has 3 aromatic rings. The number of para-hydroxylation sites is 2. The van der Waals surface area contributed by atoms with Gasteiger partial charge in [-0.3, -0.25) is 4.79 Å². The van der Waals surface area contributed by atoms with Crippen molar-refractivity contribution in [1.82, 2.24) is 14.5 Å². The average Bonchev–Trinajstić information content (AvgIpc) is 2.94. The first-order chi connectivity index (χ1) is 11.7. The maximum absolute atomic E-state index is 12.6. The standard InChI is InChI=1S/C20H23N3O/c1-3-22(4-2)20(24)15-23-18-13-9-8-12-17(18)21-19(23)14-16-10-6-5-7-11-16/h5-13H,3-4,14-15H2,1-2H3. The minimum Gasteiger partial charge on any atom is -0.342 e. The highest BCUT2D eigenvalue weighted by Crippen LogP contribution is 2.19. The number of hydrogen-bond donors (Lipinski definition) is 0. The summed E-state index contributed by atoms with van der Waals surface area (Å²) >= 11 is 0. The van der Waals surface area contributed by atoms with E-state index in [0.29, 0.717) is 6.54 Å². The Morgan fingerprint density at radius 3 is 2.38 bits per heavy atom. The molecule has 4 nitrogen and oxygen atoms in total. The lowest BCUT2D eigenvalue weighted by Gasteiger charge is -2.20. The smallest absolute Gasteiger partial charge is 0.242 e. The second kappa shape index (κ2) is 7.30. The molecule has 0 saturated heterocycles. The highest BCUT2D eigenvalue weighted by molar-refractivity contribution is 5.81. The Morgan fingerprint density at radius 2 is 1.67 bits per heavy atom. The summed E-state index contributed by atoms with van der Waals surface area (Å²) in [5.74, 6) is 1.07. The van der Waals surface area contributed by atoms with Crippen molar-refractivity contribution in [3.05, 3.63) is 66.0 Å². The van der Waals surface area contributed by atoms with Crippen LogP contribution >= 0.6 is 0 Å². The summed E-state index contributed by atoms with van der Waals surface area (Å²) in [5.41, 5.74) is 3.16. The van der Waals surface area contributed by atoms with Gasteiger partial charge >= 0.3 is 0 Å². The number of likely N-dealkylation sites (N-methyl/N-ethyl adjacent to an activating group) is 1. The number of carbonyl (C=O) groups excluding carboxylic acids is 1. The topological polar surface area (TPSA) is 38.1 Å². The van der Waals surface area contributed by atoms with Gasteiger partial charge < -0.3 is 9.47 Å². The number of rotatable bonds is 6. The lowest BCUT2D eigenvalue weighted by Crippen LogP contribution is -2.33. The van der Waals surface area contributed by atoms with Crippen molar-refractivity contribution in [2.24, 2.45) is 0 Å². The molecule has 0 N–H and O–H groups in total. The van der Waals surface area contributed by atoms with Gasteiger partial charge in [0, 0.05) is 19.5 Å². The normalized spacial score (nSPS) is 10.9. The van der Waals surface area contributed by atoms with Crippen LogP contribution in [0.15, 0.2) is 54.6 Å². The number of imidazole rings is 1. The number of amides is 1. The third-order valence-corrected chi connectivity index (χ3v) is 4.35. The molecule has 24 heavy (non-hydrogen) atoms. The molecule has 1 heterocycles. The first-order valence-electron chi connectivity index (χ1n) is 8.48. The fourth-order valence-electron chi connectivity index (χ4n) is 3.03. The zero-order valence-corrected chi connectivity index (χ0v) is 14.3. The van der Waals surface area contributed by atoms with Crippen LogP contribution in [-0.2, 0) is 17.8 Å². The monoisotopic (exact) mass is 321 g/mol. The van der Waals surface area contributed by atoms with Gasteiger partial charge in [-0.1, -0.05) is 42.5 Å². The van der Waals surface area contributed by atoms with E-state index in [-0.39, 0.29) is 5.91 Å². The van der Waals surface area contributed by atoms with Gasteiger partial charge in [-0.2, -0.15) is 0 Å². The van der Waals surface area contributed by atoms with E-state index in [1.54, 1.807) is 0 Å². The van der Waals surface area contributed by atoms with Crippen LogP contribution in [0.2, 0.25) is 0 Å². The summed E-state index contributed by atoms with van der Waals surface area (Å²) in [6.45, 7) is 5.83. The van der Waals surface area contributed by atoms with Gasteiger partial charge in [-0.25, -0.2) is 4.98 Å². The van der Waals surface area contributed by atoms with Gasteiger partial charge in [0.05, 0.1) is 11.0 Å². The summed E-state index contributed by atoms with van der Waals surface area (Å²) in [7, 11) is 0. The molecule has 0 fully saturated rings.